The van der Waals surface area contributed by atoms with Gasteiger partial charge in [-0.25, -0.2) is 9.97 Å². The summed E-state index contributed by atoms with van der Waals surface area (Å²) in [6.07, 6.45) is 0.679. The van der Waals surface area contributed by atoms with Crippen LogP contribution in [0, 0.1) is 0 Å². The number of ether oxygens (including phenoxy) is 1. The number of anilines is 1. The molecule has 104 valence electrons. The second-order valence-electron chi connectivity index (χ2n) is 4.71. The maximum Gasteiger partial charge on any atom is 0.319 e. The summed E-state index contributed by atoms with van der Waals surface area (Å²) in [6.45, 7) is 1.90. The minimum absolute atomic E-state index is 0.0239. The molecule has 0 spiro atoms. The van der Waals surface area contributed by atoms with Crippen molar-refractivity contribution < 1.29 is 9.53 Å². The van der Waals surface area contributed by atoms with E-state index in [0.29, 0.717) is 11.6 Å². The van der Waals surface area contributed by atoms with Crippen molar-refractivity contribution in [1.82, 2.24) is 9.97 Å². The number of aromatic nitrogens is 2. The fourth-order valence-corrected chi connectivity index (χ4v) is 3.31. The molecule has 2 aromatic rings. The van der Waals surface area contributed by atoms with E-state index >= 15 is 0 Å². The Bertz CT molecular complexity index is 662. The van der Waals surface area contributed by atoms with Gasteiger partial charge in [0.25, 0.3) is 0 Å². The lowest BCUT2D eigenvalue weighted by Gasteiger charge is -2.09. The number of carbonyl (C=O) groups is 1. The van der Waals surface area contributed by atoms with Crippen molar-refractivity contribution in [2.75, 3.05) is 12.4 Å². The Morgan fingerprint density at radius 3 is 2.85 bits per heavy atom. The second kappa shape index (κ2) is 5.28. The predicted molar refractivity (Wildman–Crippen MR) is 78.9 cm³/mol. The molecule has 0 radical (unpaired) electrons. The summed E-state index contributed by atoms with van der Waals surface area (Å²) in [5.74, 6) is 0.600. The number of benzene rings is 1. The van der Waals surface area contributed by atoms with Crippen LogP contribution in [0.3, 0.4) is 0 Å². The van der Waals surface area contributed by atoms with Gasteiger partial charge in [-0.15, -0.1) is 0 Å². The molecule has 2 heterocycles. The van der Waals surface area contributed by atoms with Crippen LogP contribution in [0.15, 0.2) is 29.4 Å². The summed E-state index contributed by atoms with van der Waals surface area (Å²) in [5.41, 5.74) is 0.869. The number of nitrogens with one attached hydrogen (secondary N) is 1. The Balaban J connectivity index is 1.94. The van der Waals surface area contributed by atoms with Crippen molar-refractivity contribution in [2.24, 2.45) is 0 Å². The Kier molecular flexibility index (Phi) is 3.48. The first-order valence-electron chi connectivity index (χ1n) is 6.49. The average Bonchev–Trinajstić information content (AvgIpc) is 2.76. The summed E-state index contributed by atoms with van der Waals surface area (Å²) in [6, 6.07) is 7.81. The normalized spacial score (nSPS) is 22.0. The number of esters is 1. The van der Waals surface area contributed by atoms with Crippen LogP contribution in [0.25, 0.3) is 10.9 Å². The minimum Gasteiger partial charge on any atom is -0.462 e. The zero-order valence-electron chi connectivity index (χ0n) is 11.3. The first-order chi connectivity index (χ1) is 9.67. The van der Waals surface area contributed by atoms with Gasteiger partial charge in [0.05, 0.1) is 5.52 Å². The number of para-hydroxylation sites is 1. The van der Waals surface area contributed by atoms with Crippen molar-refractivity contribution in [3.05, 3.63) is 24.3 Å². The van der Waals surface area contributed by atoms with Crippen LogP contribution in [0.1, 0.15) is 13.3 Å². The van der Waals surface area contributed by atoms with Gasteiger partial charge in [-0.1, -0.05) is 23.9 Å². The summed E-state index contributed by atoms with van der Waals surface area (Å²) < 4.78 is 5.16. The lowest BCUT2D eigenvalue weighted by atomic mass is 10.2. The van der Waals surface area contributed by atoms with Gasteiger partial charge in [0.2, 0.25) is 0 Å². The first kappa shape index (κ1) is 13.2. The van der Waals surface area contributed by atoms with Crippen molar-refractivity contribution in [1.29, 1.82) is 0 Å². The quantitative estimate of drug-likeness (QED) is 0.692. The highest BCUT2D eigenvalue weighted by Crippen LogP contribution is 2.32. The molecular weight excluding hydrogens is 274 g/mol. The van der Waals surface area contributed by atoms with E-state index in [-0.39, 0.29) is 17.3 Å². The fourth-order valence-electron chi connectivity index (χ4n) is 2.24. The zero-order chi connectivity index (χ0) is 14.1. The Hall–Kier alpha value is -1.82. The van der Waals surface area contributed by atoms with Crippen LogP contribution in [0.5, 0.6) is 0 Å². The van der Waals surface area contributed by atoms with Gasteiger partial charge in [-0.2, -0.15) is 0 Å². The number of carbonyl (C=O) groups excluding carboxylic acids is 1. The van der Waals surface area contributed by atoms with Crippen molar-refractivity contribution in [2.45, 2.75) is 29.9 Å². The highest BCUT2D eigenvalue weighted by atomic mass is 32.2. The van der Waals surface area contributed by atoms with Gasteiger partial charge in [0.1, 0.15) is 17.2 Å². The van der Waals surface area contributed by atoms with Gasteiger partial charge in [0.15, 0.2) is 5.16 Å². The van der Waals surface area contributed by atoms with Crippen molar-refractivity contribution in [3.8, 4) is 0 Å². The van der Waals surface area contributed by atoms with E-state index in [1.54, 1.807) is 0 Å². The number of nitrogens with zero attached hydrogens (tertiary/aromatic N) is 2. The molecule has 0 amide bonds. The highest BCUT2D eigenvalue weighted by molar-refractivity contribution is 8.00. The molecule has 0 bridgehead atoms. The smallest absolute Gasteiger partial charge is 0.319 e. The van der Waals surface area contributed by atoms with E-state index in [4.69, 9.17) is 4.74 Å². The third-order valence-electron chi connectivity index (χ3n) is 3.19. The molecule has 0 saturated carbocycles. The van der Waals surface area contributed by atoms with E-state index in [9.17, 15) is 4.79 Å². The largest absolute Gasteiger partial charge is 0.462 e. The number of thioether (sulfide) groups is 1. The molecule has 5 nitrogen and oxygen atoms in total. The number of cyclic esters (lactones) is 1. The van der Waals surface area contributed by atoms with E-state index in [0.717, 1.165) is 16.7 Å². The standard InChI is InChI=1S/C14H15N3O2S/c1-8-7-11(13(18)19-8)20-14-16-10-6-4-3-5-9(10)12(15-2)17-14/h3-6,8,11H,7H2,1-2H3,(H,15,16,17)/t8-,11-/m0/s1. The van der Waals surface area contributed by atoms with Crippen molar-refractivity contribution in [3.63, 3.8) is 0 Å². The van der Waals surface area contributed by atoms with E-state index in [1.807, 2.05) is 38.2 Å². The first-order valence-corrected chi connectivity index (χ1v) is 7.37. The number of hydrogen-bond acceptors (Lipinski definition) is 6. The molecule has 1 N–H and O–H groups in total. The Morgan fingerprint density at radius 1 is 1.35 bits per heavy atom. The van der Waals surface area contributed by atoms with Gasteiger partial charge in [0, 0.05) is 18.9 Å². The topological polar surface area (TPSA) is 64.1 Å². The number of hydrogen-bond donors (Lipinski definition) is 1. The molecule has 0 unspecified atom stereocenters. The maximum absolute atomic E-state index is 11.7. The molecule has 1 aliphatic heterocycles. The second-order valence-corrected chi connectivity index (χ2v) is 5.88. The van der Waals surface area contributed by atoms with Crippen LogP contribution < -0.4 is 5.32 Å². The third kappa shape index (κ3) is 2.43. The van der Waals surface area contributed by atoms with Crippen LogP contribution in [-0.4, -0.2) is 34.3 Å². The monoisotopic (exact) mass is 289 g/mol. The van der Waals surface area contributed by atoms with Crippen LogP contribution >= 0.6 is 11.8 Å². The molecular formula is C14H15N3O2S. The summed E-state index contributed by atoms with van der Waals surface area (Å²) in [4.78, 5) is 20.7. The molecule has 2 atom stereocenters. The highest BCUT2D eigenvalue weighted by Gasteiger charge is 2.33. The Morgan fingerprint density at radius 2 is 2.15 bits per heavy atom. The predicted octanol–water partition coefficient (Wildman–Crippen LogP) is 2.47. The number of fused-ring (bicyclic) bond motifs is 1. The average molecular weight is 289 g/mol. The number of rotatable bonds is 3. The van der Waals surface area contributed by atoms with Crippen LogP contribution in [0.4, 0.5) is 5.82 Å². The minimum atomic E-state index is -0.212. The molecule has 1 aromatic heterocycles. The van der Waals surface area contributed by atoms with E-state index in [1.165, 1.54) is 11.8 Å². The summed E-state index contributed by atoms with van der Waals surface area (Å²) >= 11 is 1.37. The lowest BCUT2D eigenvalue weighted by Crippen LogP contribution is -2.10. The van der Waals surface area contributed by atoms with Gasteiger partial charge >= 0.3 is 5.97 Å². The maximum atomic E-state index is 11.7. The van der Waals surface area contributed by atoms with Gasteiger partial charge < -0.3 is 10.1 Å². The van der Waals surface area contributed by atoms with Crippen LogP contribution in [-0.2, 0) is 9.53 Å². The molecule has 1 aliphatic rings. The van der Waals surface area contributed by atoms with E-state index < -0.39 is 0 Å². The molecule has 3 rings (SSSR count). The zero-order valence-corrected chi connectivity index (χ0v) is 12.1. The third-order valence-corrected chi connectivity index (χ3v) is 4.26. The van der Waals surface area contributed by atoms with Gasteiger partial charge in [-0.3, -0.25) is 4.79 Å². The lowest BCUT2D eigenvalue weighted by molar-refractivity contribution is -0.140. The van der Waals surface area contributed by atoms with Crippen molar-refractivity contribution >= 4 is 34.5 Å². The molecule has 0 aliphatic carbocycles. The summed E-state index contributed by atoms with van der Waals surface area (Å²) in [5, 5.41) is 4.44. The molecule has 1 fully saturated rings. The van der Waals surface area contributed by atoms with Crippen LogP contribution in [0.2, 0.25) is 0 Å². The summed E-state index contributed by atoms with van der Waals surface area (Å²) in [7, 11) is 1.83. The van der Waals surface area contributed by atoms with E-state index in [2.05, 4.69) is 15.3 Å². The SMILES string of the molecule is CNc1nc(S[C@H]2C[C@H](C)OC2=O)nc2ccccc12. The molecule has 20 heavy (non-hydrogen) atoms. The molecule has 1 saturated heterocycles. The molecule has 1 aromatic carbocycles. The van der Waals surface area contributed by atoms with Gasteiger partial charge in [-0.05, 0) is 19.1 Å². The molecule has 6 heteroatoms. The Labute approximate surface area is 121 Å². The fraction of sp³-hybridized carbons (Fsp3) is 0.357.